The van der Waals surface area contributed by atoms with E-state index >= 15 is 0 Å². The van der Waals surface area contributed by atoms with Gasteiger partial charge in [-0.1, -0.05) is 33.1 Å². The van der Waals surface area contributed by atoms with E-state index in [4.69, 9.17) is 0 Å². The van der Waals surface area contributed by atoms with Crippen LogP contribution in [0.3, 0.4) is 0 Å². The first-order valence-electron chi connectivity index (χ1n) is 2.41. The molecule has 0 spiro atoms. The third kappa shape index (κ3) is 8.82. The standard InChI is InChI=1S/C5H12.Zn/c1-3-5-4-2;/h3-5H2,1-2H3;/q;+2. The van der Waals surface area contributed by atoms with Crippen LogP contribution >= 0.6 is 0 Å². The van der Waals surface area contributed by atoms with Crippen molar-refractivity contribution < 1.29 is 19.5 Å². The Kier molecular flexibility index (Phi) is 15.0. The zero-order valence-electron chi connectivity index (χ0n) is 4.83. The average Bonchev–Trinajstić information content (AvgIpc) is 1.41. The number of rotatable bonds is 2. The minimum Gasteiger partial charge on any atom is -0.0654 e. The van der Waals surface area contributed by atoms with E-state index in [2.05, 4.69) is 13.8 Å². The monoisotopic (exact) mass is 136 g/mol. The van der Waals surface area contributed by atoms with Crippen LogP contribution in [0.5, 0.6) is 0 Å². The fourth-order valence-electron chi connectivity index (χ4n) is 0.354. The number of hydrogen-bond acceptors (Lipinski definition) is 0. The summed E-state index contributed by atoms with van der Waals surface area (Å²) in [4.78, 5) is 0. The van der Waals surface area contributed by atoms with E-state index < -0.39 is 0 Å². The summed E-state index contributed by atoms with van der Waals surface area (Å²) >= 11 is 0. The molecule has 0 aliphatic heterocycles. The molecule has 0 aromatic carbocycles. The van der Waals surface area contributed by atoms with E-state index in [1.165, 1.54) is 19.3 Å². The Bertz CT molecular complexity index is 11.4. The second-order valence-electron chi connectivity index (χ2n) is 1.35. The normalized spacial score (nSPS) is 7.00. The maximum Gasteiger partial charge on any atom is 2.00 e. The molecule has 1 heteroatoms. The molecule has 32 valence electrons. The fourth-order valence-corrected chi connectivity index (χ4v) is 0.354. The van der Waals surface area contributed by atoms with Crippen LogP contribution in [0.15, 0.2) is 0 Å². The SMILES string of the molecule is CCCCC.[Zn+2]. The first-order valence-corrected chi connectivity index (χ1v) is 2.41. The number of unbranched alkanes of at least 4 members (excludes halogenated alkanes) is 2. The minimum atomic E-state index is 0. The van der Waals surface area contributed by atoms with Crippen molar-refractivity contribution in [2.24, 2.45) is 0 Å². The molecule has 0 fully saturated rings. The third-order valence-corrected chi connectivity index (χ3v) is 0.707. The second kappa shape index (κ2) is 9.16. The van der Waals surface area contributed by atoms with Gasteiger partial charge < -0.3 is 0 Å². The van der Waals surface area contributed by atoms with E-state index in [0.717, 1.165) is 0 Å². The van der Waals surface area contributed by atoms with Crippen LogP contribution in [0.25, 0.3) is 0 Å². The van der Waals surface area contributed by atoms with Gasteiger partial charge in [-0.2, -0.15) is 0 Å². The summed E-state index contributed by atoms with van der Waals surface area (Å²) in [5, 5.41) is 0. The number of hydrogen-bond donors (Lipinski definition) is 0. The Morgan fingerprint density at radius 1 is 1.00 bits per heavy atom. The Balaban J connectivity index is 0. The quantitative estimate of drug-likeness (QED) is 0.512. The first kappa shape index (κ1) is 9.80. The molecule has 6 heavy (non-hydrogen) atoms. The van der Waals surface area contributed by atoms with Crippen LogP contribution in [-0.4, -0.2) is 0 Å². The molecule has 0 radical (unpaired) electrons. The predicted octanol–water partition coefficient (Wildman–Crippen LogP) is 2.19. The van der Waals surface area contributed by atoms with Gasteiger partial charge in [-0.05, 0) is 0 Å². The van der Waals surface area contributed by atoms with Crippen molar-refractivity contribution in [3.05, 3.63) is 0 Å². The molecule has 0 aromatic heterocycles. The van der Waals surface area contributed by atoms with Gasteiger partial charge in [0.05, 0.1) is 0 Å². The molecule has 0 aliphatic carbocycles. The van der Waals surface area contributed by atoms with Crippen molar-refractivity contribution in [2.45, 2.75) is 33.1 Å². The predicted molar refractivity (Wildman–Crippen MR) is 25.2 cm³/mol. The van der Waals surface area contributed by atoms with Gasteiger partial charge in [-0.15, -0.1) is 0 Å². The van der Waals surface area contributed by atoms with Crippen LogP contribution in [0.4, 0.5) is 0 Å². The van der Waals surface area contributed by atoms with Gasteiger partial charge in [0.1, 0.15) is 0 Å². The first-order chi connectivity index (χ1) is 2.41. The topological polar surface area (TPSA) is 0 Å². The summed E-state index contributed by atoms with van der Waals surface area (Å²) < 4.78 is 0. The summed E-state index contributed by atoms with van der Waals surface area (Å²) in [7, 11) is 0. The molecule has 0 aliphatic rings. The van der Waals surface area contributed by atoms with E-state index in [1.54, 1.807) is 0 Å². The van der Waals surface area contributed by atoms with Gasteiger partial charge in [0.25, 0.3) is 0 Å². The second-order valence-corrected chi connectivity index (χ2v) is 1.35. The third-order valence-electron chi connectivity index (χ3n) is 0.707. The molecule has 0 amide bonds. The minimum absolute atomic E-state index is 0. The molecule has 0 atom stereocenters. The van der Waals surface area contributed by atoms with E-state index in [0.29, 0.717) is 0 Å². The van der Waals surface area contributed by atoms with E-state index in [1.807, 2.05) is 0 Å². The van der Waals surface area contributed by atoms with Crippen molar-refractivity contribution >= 4 is 0 Å². The fraction of sp³-hybridized carbons (Fsp3) is 1.00. The van der Waals surface area contributed by atoms with Gasteiger partial charge in [0, 0.05) is 0 Å². The molecule has 0 heterocycles. The van der Waals surface area contributed by atoms with Crippen LogP contribution in [0.2, 0.25) is 0 Å². The molecule has 0 saturated heterocycles. The van der Waals surface area contributed by atoms with Gasteiger partial charge in [0.2, 0.25) is 0 Å². The summed E-state index contributed by atoms with van der Waals surface area (Å²) in [6, 6.07) is 0. The molecular formula is C5H12Zn+2. The Morgan fingerprint density at radius 3 is 1.33 bits per heavy atom. The maximum atomic E-state index is 2.21. The van der Waals surface area contributed by atoms with E-state index in [-0.39, 0.29) is 19.5 Å². The Morgan fingerprint density at radius 2 is 1.33 bits per heavy atom. The molecule has 0 aromatic rings. The largest absolute Gasteiger partial charge is 2.00 e. The van der Waals surface area contributed by atoms with Crippen LogP contribution in [0.1, 0.15) is 33.1 Å². The van der Waals surface area contributed by atoms with Crippen molar-refractivity contribution in [3.63, 3.8) is 0 Å². The summed E-state index contributed by atoms with van der Waals surface area (Å²) in [5.74, 6) is 0. The zero-order chi connectivity index (χ0) is 4.12. The molecule has 0 saturated carbocycles. The van der Waals surface area contributed by atoms with Gasteiger partial charge in [0.15, 0.2) is 0 Å². The molecular weight excluding hydrogens is 125 g/mol. The Hall–Kier alpha value is 0.623. The van der Waals surface area contributed by atoms with Crippen LogP contribution < -0.4 is 0 Å². The van der Waals surface area contributed by atoms with Gasteiger partial charge in [-0.3, -0.25) is 0 Å². The zero-order valence-corrected chi connectivity index (χ0v) is 7.80. The van der Waals surface area contributed by atoms with Crippen LogP contribution in [0, 0.1) is 0 Å². The molecule has 0 unspecified atom stereocenters. The van der Waals surface area contributed by atoms with Crippen molar-refractivity contribution in [1.29, 1.82) is 0 Å². The molecule has 0 bridgehead atoms. The summed E-state index contributed by atoms with van der Waals surface area (Å²) in [5.41, 5.74) is 0. The average molecular weight is 138 g/mol. The molecule has 0 nitrogen and oxygen atoms in total. The molecule has 0 N–H and O–H groups in total. The van der Waals surface area contributed by atoms with Crippen molar-refractivity contribution in [1.82, 2.24) is 0 Å². The smallest absolute Gasteiger partial charge is 0.0654 e. The summed E-state index contributed by atoms with van der Waals surface area (Å²) in [6.45, 7) is 4.42. The van der Waals surface area contributed by atoms with Crippen LogP contribution in [-0.2, 0) is 19.5 Å². The summed E-state index contributed by atoms with van der Waals surface area (Å²) in [6.07, 6.45) is 4.08. The maximum absolute atomic E-state index is 2.21. The molecule has 0 rings (SSSR count). The van der Waals surface area contributed by atoms with Gasteiger partial charge >= 0.3 is 19.5 Å². The van der Waals surface area contributed by atoms with Gasteiger partial charge in [-0.25, -0.2) is 0 Å². The van der Waals surface area contributed by atoms with Crippen molar-refractivity contribution in [3.8, 4) is 0 Å². The van der Waals surface area contributed by atoms with E-state index in [9.17, 15) is 0 Å². The Labute approximate surface area is 53.1 Å². The van der Waals surface area contributed by atoms with Crippen molar-refractivity contribution in [2.75, 3.05) is 0 Å².